The molecule has 0 spiro atoms. The van der Waals surface area contributed by atoms with Gasteiger partial charge in [0.05, 0.1) is 0 Å². The number of hydrogen-bond acceptors (Lipinski definition) is 1. The molecule has 1 N–H and O–H groups in total. The SMILES string of the molecule is Oc1ccccc1C1CCCC=C1c1ccccc1. The van der Waals surface area contributed by atoms with Crippen molar-refractivity contribution in [3.63, 3.8) is 0 Å². The van der Waals surface area contributed by atoms with Crippen molar-refractivity contribution in [3.05, 3.63) is 71.8 Å². The van der Waals surface area contributed by atoms with Crippen molar-refractivity contribution in [2.75, 3.05) is 0 Å². The molecule has 0 radical (unpaired) electrons. The predicted octanol–water partition coefficient (Wildman–Crippen LogP) is 4.74. The number of allylic oxidation sites excluding steroid dienone is 2. The molecule has 0 saturated heterocycles. The first-order valence-corrected chi connectivity index (χ1v) is 6.89. The topological polar surface area (TPSA) is 20.2 Å². The molecule has 0 fully saturated rings. The number of benzene rings is 2. The Labute approximate surface area is 114 Å². The van der Waals surface area contributed by atoms with E-state index in [9.17, 15) is 5.11 Å². The van der Waals surface area contributed by atoms with Gasteiger partial charge in [-0.2, -0.15) is 0 Å². The lowest BCUT2D eigenvalue weighted by Gasteiger charge is -2.25. The first-order chi connectivity index (χ1) is 9.36. The Balaban J connectivity index is 2.03. The fraction of sp³-hybridized carbons (Fsp3) is 0.222. The molecule has 19 heavy (non-hydrogen) atoms. The molecule has 0 aromatic heterocycles. The Hall–Kier alpha value is -2.02. The summed E-state index contributed by atoms with van der Waals surface area (Å²) in [7, 11) is 0. The van der Waals surface area contributed by atoms with E-state index in [4.69, 9.17) is 0 Å². The molecule has 0 saturated carbocycles. The van der Waals surface area contributed by atoms with Gasteiger partial charge in [0.15, 0.2) is 0 Å². The van der Waals surface area contributed by atoms with E-state index in [0.29, 0.717) is 11.7 Å². The van der Waals surface area contributed by atoms with Gasteiger partial charge in [-0.25, -0.2) is 0 Å². The molecular weight excluding hydrogens is 232 g/mol. The molecule has 1 nitrogen and oxygen atoms in total. The van der Waals surface area contributed by atoms with Crippen molar-refractivity contribution in [1.82, 2.24) is 0 Å². The summed E-state index contributed by atoms with van der Waals surface area (Å²) in [6, 6.07) is 18.2. The van der Waals surface area contributed by atoms with E-state index in [1.807, 2.05) is 24.3 Å². The van der Waals surface area contributed by atoms with Crippen molar-refractivity contribution in [2.45, 2.75) is 25.2 Å². The van der Waals surface area contributed by atoms with Gasteiger partial charge in [0.2, 0.25) is 0 Å². The van der Waals surface area contributed by atoms with Crippen molar-refractivity contribution in [3.8, 4) is 5.75 Å². The first-order valence-electron chi connectivity index (χ1n) is 6.89. The number of para-hydroxylation sites is 1. The summed E-state index contributed by atoms with van der Waals surface area (Å²) in [4.78, 5) is 0. The third-order valence-corrected chi connectivity index (χ3v) is 3.86. The van der Waals surface area contributed by atoms with Crippen LogP contribution in [-0.4, -0.2) is 5.11 Å². The Kier molecular flexibility index (Phi) is 3.37. The third-order valence-electron chi connectivity index (χ3n) is 3.86. The van der Waals surface area contributed by atoms with E-state index in [-0.39, 0.29) is 0 Å². The predicted molar refractivity (Wildman–Crippen MR) is 79.1 cm³/mol. The number of aromatic hydroxyl groups is 1. The Bertz CT molecular complexity index is 584. The van der Waals surface area contributed by atoms with E-state index >= 15 is 0 Å². The first kappa shape index (κ1) is 12.0. The molecule has 0 heterocycles. The molecule has 1 unspecified atom stereocenters. The van der Waals surface area contributed by atoms with Gasteiger partial charge in [-0.15, -0.1) is 0 Å². The highest BCUT2D eigenvalue weighted by Gasteiger charge is 2.22. The van der Waals surface area contributed by atoms with Gasteiger partial charge in [0.25, 0.3) is 0 Å². The zero-order valence-electron chi connectivity index (χ0n) is 10.9. The smallest absolute Gasteiger partial charge is 0.119 e. The van der Waals surface area contributed by atoms with Gasteiger partial charge in [0.1, 0.15) is 5.75 Å². The summed E-state index contributed by atoms with van der Waals surface area (Å²) in [5.74, 6) is 0.730. The Morgan fingerprint density at radius 2 is 1.63 bits per heavy atom. The van der Waals surface area contributed by atoms with Crippen LogP contribution < -0.4 is 0 Å². The average Bonchev–Trinajstić information content (AvgIpc) is 2.49. The van der Waals surface area contributed by atoms with E-state index < -0.39 is 0 Å². The second-order valence-corrected chi connectivity index (χ2v) is 5.07. The summed E-state index contributed by atoms with van der Waals surface area (Å²) in [5.41, 5.74) is 3.68. The molecule has 2 aromatic carbocycles. The summed E-state index contributed by atoms with van der Waals surface area (Å²) in [5, 5.41) is 10.1. The highest BCUT2D eigenvalue weighted by Crippen LogP contribution is 2.42. The second-order valence-electron chi connectivity index (χ2n) is 5.07. The van der Waals surface area contributed by atoms with E-state index in [1.54, 1.807) is 6.07 Å². The van der Waals surface area contributed by atoms with Gasteiger partial charge in [-0.1, -0.05) is 54.6 Å². The van der Waals surface area contributed by atoms with Crippen LogP contribution >= 0.6 is 0 Å². The molecule has 2 aromatic rings. The minimum absolute atomic E-state index is 0.317. The highest BCUT2D eigenvalue weighted by molar-refractivity contribution is 5.73. The average molecular weight is 250 g/mol. The van der Waals surface area contributed by atoms with Crippen LogP contribution in [0.2, 0.25) is 0 Å². The maximum atomic E-state index is 10.1. The van der Waals surface area contributed by atoms with Crippen molar-refractivity contribution in [2.24, 2.45) is 0 Å². The van der Waals surface area contributed by atoms with Gasteiger partial charge < -0.3 is 5.11 Å². The normalized spacial score (nSPS) is 18.9. The van der Waals surface area contributed by atoms with Crippen LogP contribution in [0.5, 0.6) is 5.75 Å². The Morgan fingerprint density at radius 3 is 2.42 bits per heavy atom. The summed E-state index contributed by atoms with van der Waals surface area (Å²) >= 11 is 0. The summed E-state index contributed by atoms with van der Waals surface area (Å²) < 4.78 is 0. The fourth-order valence-electron chi connectivity index (χ4n) is 2.93. The van der Waals surface area contributed by atoms with Crippen molar-refractivity contribution >= 4 is 5.57 Å². The summed E-state index contributed by atoms with van der Waals surface area (Å²) in [6.07, 6.45) is 5.76. The molecule has 1 aliphatic rings. The fourth-order valence-corrected chi connectivity index (χ4v) is 2.93. The molecule has 0 bridgehead atoms. The van der Waals surface area contributed by atoms with Crippen LogP contribution in [0.4, 0.5) is 0 Å². The second kappa shape index (κ2) is 5.31. The molecule has 3 rings (SSSR count). The highest BCUT2D eigenvalue weighted by atomic mass is 16.3. The van der Waals surface area contributed by atoms with E-state index in [2.05, 4.69) is 30.3 Å². The van der Waals surface area contributed by atoms with Crippen LogP contribution in [0.3, 0.4) is 0 Å². The zero-order valence-corrected chi connectivity index (χ0v) is 10.9. The largest absolute Gasteiger partial charge is 0.508 e. The third kappa shape index (κ3) is 2.41. The summed E-state index contributed by atoms with van der Waals surface area (Å²) in [6.45, 7) is 0. The van der Waals surface area contributed by atoms with Gasteiger partial charge in [0, 0.05) is 11.5 Å². The number of phenols is 1. The molecule has 0 amide bonds. The molecule has 1 aliphatic carbocycles. The quantitative estimate of drug-likeness (QED) is 0.816. The van der Waals surface area contributed by atoms with Gasteiger partial charge in [-0.05, 0) is 36.5 Å². The lowest BCUT2D eigenvalue weighted by Crippen LogP contribution is -2.06. The lowest BCUT2D eigenvalue weighted by atomic mass is 9.79. The lowest BCUT2D eigenvalue weighted by molar-refractivity contribution is 0.463. The van der Waals surface area contributed by atoms with E-state index in [1.165, 1.54) is 17.6 Å². The van der Waals surface area contributed by atoms with Gasteiger partial charge >= 0.3 is 0 Å². The zero-order chi connectivity index (χ0) is 13.1. The van der Waals surface area contributed by atoms with E-state index in [0.717, 1.165) is 18.4 Å². The minimum atomic E-state index is 0.317. The van der Waals surface area contributed by atoms with Crippen LogP contribution in [0.25, 0.3) is 5.57 Å². The number of rotatable bonds is 2. The van der Waals surface area contributed by atoms with Crippen LogP contribution in [0, 0.1) is 0 Å². The van der Waals surface area contributed by atoms with Crippen LogP contribution in [-0.2, 0) is 0 Å². The molecule has 0 aliphatic heterocycles. The van der Waals surface area contributed by atoms with Crippen molar-refractivity contribution in [1.29, 1.82) is 0 Å². The van der Waals surface area contributed by atoms with Crippen LogP contribution in [0.15, 0.2) is 60.7 Å². The molecule has 1 atom stereocenters. The maximum absolute atomic E-state index is 10.1. The number of hydrogen-bond donors (Lipinski definition) is 1. The molecule has 96 valence electrons. The molecule has 1 heteroatoms. The van der Waals surface area contributed by atoms with Crippen molar-refractivity contribution < 1.29 is 5.11 Å². The maximum Gasteiger partial charge on any atom is 0.119 e. The van der Waals surface area contributed by atoms with Gasteiger partial charge in [-0.3, -0.25) is 0 Å². The minimum Gasteiger partial charge on any atom is -0.508 e. The number of phenolic OH excluding ortho intramolecular Hbond substituents is 1. The standard InChI is InChI=1S/C18H18O/c19-18-13-7-6-12-17(18)16-11-5-4-10-15(16)14-8-2-1-3-9-14/h1-3,6-10,12-13,16,19H,4-5,11H2. The monoisotopic (exact) mass is 250 g/mol. The van der Waals surface area contributed by atoms with Crippen LogP contribution in [0.1, 0.15) is 36.3 Å². The molecular formula is C18H18O. The Morgan fingerprint density at radius 1 is 0.895 bits per heavy atom.